The molecular formula is C22H48N2O4. The number of carbonyl (C=O) groups is 2. The van der Waals surface area contributed by atoms with Crippen LogP contribution in [0.25, 0.3) is 0 Å². The minimum Gasteiger partial charge on any atom is -0.481 e. The van der Waals surface area contributed by atoms with Crippen LogP contribution in [0.5, 0.6) is 0 Å². The van der Waals surface area contributed by atoms with Crippen LogP contribution in [0.4, 0.5) is 0 Å². The Balaban J connectivity index is -0.000000656. The fourth-order valence-electron chi connectivity index (χ4n) is 2.67. The molecule has 5 N–H and O–H groups in total. The van der Waals surface area contributed by atoms with E-state index in [-0.39, 0.29) is 0 Å². The fraction of sp³-hybridized carbons (Fsp3) is 0.909. The van der Waals surface area contributed by atoms with Gasteiger partial charge in [0, 0.05) is 26.9 Å². The predicted molar refractivity (Wildman–Crippen MR) is 119 cm³/mol. The lowest BCUT2D eigenvalue weighted by Gasteiger charge is -2.04. The zero-order chi connectivity index (χ0) is 21.9. The second kappa shape index (κ2) is 30.6. The average Bonchev–Trinajstić information content (AvgIpc) is 2.60. The summed E-state index contributed by atoms with van der Waals surface area (Å²) in [6, 6.07) is 0. The van der Waals surface area contributed by atoms with Crippen molar-refractivity contribution < 1.29 is 19.8 Å². The minimum absolute atomic E-state index is 0.763. The Morgan fingerprint density at radius 2 is 0.929 bits per heavy atom. The van der Waals surface area contributed by atoms with Crippen molar-refractivity contribution >= 4 is 11.9 Å². The lowest BCUT2D eigenvalue weighted by Crippen LogP contribution is -2.23. The summed E-state index contributed by atoms with van der Waals surface area (Å²) >= 11 is 0. The molecule has 0 bridgehead atoms. The van der Waals surface area contributed by atoms with Crippen LogP contribution < -0.4 is 11.1 Å². The lowest BCUT2D eigenvalue weighted by molar-refractivity contribution is -0.135. The van der Waals surface area contributed by atoms with Crippen LogP contribution in [-0.2, 0) is 9.59 Å². The Morgan fingerprint density at radius 3 is 1.21 bits per heavy atom. The third-order valence-corrected chi connectivity index (χ3v) is 4.03. The molecular weight excluding hydrogens is 356 g/mol. The van der Waals surface area contributed by atoms with E-state index in [9.17, 15) is 0 Å². The summed E-state index contributed by atoms with van der Waals surface area (Å²) < 4.78 is 0. The summed E-state index contributed by atoms with van der Waals surface area (Å²) in [4.78, 5) is 18.0. The molecule has 0 fully saturated rings. The van der Waals surface area contributed by atoms with Gasteiger partial charge in [0.05, 0.1) is 0 Å². The molecule has 0 radical (unpaired) electrons. The van der Waals surface area contributed by atoms with Crippen LogP contribution in [-0.4, -0.2) is 41.8 Å². The molecule has 0 amide bonds. The summed E-state index contributed by atoms with van der Waals surface area (Å²) in [6.45, 7) is 7.34. The van der Waals surface area contributed by atoms with Gasteiger partial charge in [-0.05, 0) is 13.0 Å². The molecule has 0 aliphatic carbocycles. The molecule has 0 unspecified atom stereocenters. The Morgan fingerprint density at radius 1 is 0.643 bits per heavy atom. The maximum absolute atomic E-state index is 9.00. The molecule has 0 aromatic carbocycles. The molecule has 0 heterocycles. The molecule has 0 rings (SSSR count). The van der Waals surface area contributed by atoms with Crippen molar-refractivity contribution in [3.05, 3.63) is 0 Å². The van der Waals surface area contributed by atoms with Gasteiger partial charge in [0.1, 0.15) is 0 Å². The molecule has 0 spiro atoms. The smallest absolute Gasteiger partial charge is 0.300 e. The Bertz CT molecular complexity index is 275. The van der Waals surface area contributed by atoms with E-state index >= 15 is 0 Å². The Kier molecular flexibility index (Phi) is 34.5. The maximum atomic E-state index is 9.00. The molecule has 0 aliphatic heterocycles. The van der Waals surface area contributed by atoms with Crippen LogP contribution in [0.3, 0.4) is 0 Å². The van der Waals surface area contributed by atoms with Crippen molar-refractivity contribution in [3.63, 3.8) is 0 Å². The second-order valence-electron chi connectivity index (χ2n) is 7.17. The van der Waals surface area contributed by atoms with Crippen LogP contribution in [0.2, 0.25) is 0 Å². The van der Waals surface area contributed by atoms with E-state index in [0.717, 1.165) is 33.5 Å². The van der Waals surface area contributed by atoms with E-state index in [4.69, 9.17) is 25.5 Å². The first kappa shape index (κ1) is 31.6. The summed E-state index contributed by atoms with van der Waals surface area (Å²) in [5.41, 5.74) is 5.43. The van der Waals surface area contributed by atoms with Crippen molar-refractivity contribution in [2.45, 2.75) is 111 Å². The normalized spacial score (nSPS) is 9.71. The van der Waals surface area contributed by atoms with E-state index < -0.39 is 11.9 Å². The van der Waals surface area contributed by atoms with E-state index in [1.165, 1.54) is 89.9 Å². The third kappa shape index (κ3) is 56.3. The van der Waals surface area contributed by atoms with Crippen LogP contribution in [0, 0.1) is 0 Å². The highest BCUT2D eigenvalue weighted by atomic mass is 16.4. The van der Waals surface area contributed by atoms with Gasteiger partial charge in [-0.25, -0.2) is 0 Å². The number of aliphatic carboxylic acids is 2. The van der Waals surface area contributed by atoms with Gasteiger partial charge in [0.2, 0.25) is 0 Å². The highest BCUT2D eigenvalue weighted by molar-refractivity contribution is 5.63. The number of carboxylic acids is 2. The average molecular weight is 405 g/mol. The van der Waals surface area contributed by atoms with Crippen LogP contribution >= 0.6 is 0 Å². The molecule has 0 saturated heterocycles. The summed E-state index contributed by atoms with van der Waals surface area (Å²) in [5.74, 6) is -1.67. The van der Waals surface area contributed by atoms with Crippen molar-refractivity contribution in [3.8, 4) is 0 Å². The van der Waals surface area contributed by atoms with E-state index in [1.54, 1.807) is 0 Å². The van der Waals surface area contributed by atoms with Crippen molar-refractivity contribution in [1.82, 2.24) is 5.32 Å². The first-order chi connectivity index (χ1) is 13.4. The predicted octanol–water partition coefficient (Wildman–Crippen LogP) is 5.20. The van der Waals surface area contributed by atoms with Gasteiger partial charge in [0.15, 0.2) is 0 Å². The molecule has 170 valence electrons. The molecule has 0 aromatic rings. The van der Waals surface area contributed by atoms with Gasteiger partial charge in [-0.3, -0.25) is 9.59 Å². The highest BCUT2D eigenvalue weighted by Gasteiger charge is 1.94. The molecule has 0 saturated carbocycles. The third-order valence-electron chi connectivity index (χ3n) is 4.03. The maximum Gasteiger partial charge on any atom is 0.300 e. The second-order valence-corrected chi connectivity index (χ2v) is 7.17. The molecule has 0 atom stereocenters. The Hall–Kier alpha value is -1.14. The molecule has 28 heavy (non-hydrogen) atoms. The van der Waals surface area contributed by atoms with Crippen LogP contribution in [0.1, 0.15) is 111 Å². The quantitative estimate of drug-likeness (QED) is 0.248. The number of rotatable bonds is 17. The van der Waals surface area contributed by atoms with Gasteiger partial charge in [0.25, 0.3) is 11.9 Å². The molecule has 0 aromatic heterocycles. The Labute approximate surface area is 173 Å². The largest absolute Gasteiger partial charge is 0.481 e. The SMILES string of the molecule is CC(=O)O.CC(=O)O.CCCCCCCCCCCCCCCCNCCN. The number of carboxylic acid groups (broad SMARTS) is 2. The van der Waals surface area contributed by atoms with E-state index in [0.29, 0.717) is 0 Å². The molecule has 6 heteroatoms. The summed E-state index contributed by atoms with van der Waals surface area (Å²) in [6.07, 6.45) is 20.1. The first-order valence-electron chi connectivity index (χ1n) is 11.2. The van der Waals surface area contributed by atoms with Crippen LogP contribution in [0.15, 0.2) is 0 Å². The zero-order valence-electron chi connectivity index (χ0n) is 18.8. The molecule has 6 nitrogen and oxygen atoms in total. The zero-order valence-corrected chi connectivity index (χ0v) is 18.8. The minimum atomic E-state index is -0.833. The monoisotopic (exact) mass is 404 g/mol. The highest BCUT2D eigenvalue weighted by Crippen LogP contribution is 2.12. The number of nitrogens with two attached hydrogens (primary N) is 1. The van der Waals surface area contributed by atoms with E-state index in [1.807, 2.05) is 0 Å². The van der Waals surface area contributed by atoms with Crippen molar-refractivity contribution in [2.24, 2.45) is 5.73 Å². The standard InChI is InChI=1S/C18H40N2.2C2H4O2/c1-2-3-4-5-6-7-8-9-10-11-12-13-14-15-17-20-18-16-19;2*1-2(3)4/h20H,2-19H2,1H3;2*1H3,(H,3,4). The van der Waals surface area contributed by atoms with Crippen molar-refractivity contribution in [1.29, 1.82) is 0 Å². The van der Waals surface area contributed by atoms with Gasteiger partial charge in [-0.2, -0.15) is 0 Å². The number of nitrogens with one attached hydrogen (secondary N) is 1. The fourth-order valence-corrected chi connectivity index (χ4v) is 2.67. The van der Waals surface area contributed by atoms with Gasteiger partial charge in [-0.15, -0.1) is 0 Å². The number of unbranched alkanes of at least 4 members (excludes halogenated alkanes) is 13. The van der Waals surface area contributed by atoms with E-state index in [2.05, 4.69) is 12.2 Å². The van der Waals surface area contributed by atoms with Gasteiger partial charge < -0.3 is 21.3 Å². The topological polar surface area (TPSA) is 113 Å². The van der Waals surface area contributed by atoms with Gasteiger partial charge in [-0.1, -0.05) is 90.4 Å². The number of hydrogen-bond donors (Lipinski definition) is 4. The lowest BCUT2D eigenvalue weighted by atomic mass is 10.0. The van der Waals surface area contributed by atoms with Gasteiger partial charge >= 0.3 is 0 Å². The first-order valence-corrected chi connectivity index (χ1v) is 11.2. The molecule has 0 aliphatic rings. The summed E-state index contributed by atoms with van der Waals surface area (Å²) in [7, 11) is 0. The number of hydrogen-bond acceptors (Lipinski definition) is 4. The van der Waals surface area contributed by atoms with Crippen molar-refractivity contribution in [2.75, 3.05) is 19.6 Å². The summed E-state index contributed by atoms with van der Waals surface area (Å²) in [5, 5.41) is 18.2.